The predicted molar refractivity (Wildman–Crippen MR) is 147 cm³/mol. The Morgan fingerprint density at radius 2 is 2.00 bits per heavy atom. The fourth-order valence-electron chi connectivity index (χ4n) is 5.19. The number of likely N-dealkylation sites (N-methyl/N-ethyl adjacent to an activating group) is 1. The normalized spacial score (nSPS) is 16.9. The van der Waals surface area contributed by atoms with Crippen molar-refractivity contribution in [2.24, 2.45) is 5.73 Å². The minimum Gasteiger partial charge on any atom is -0.400 e. The van der Waals surface area contributed by atoms with Gasteiger partial charge in [0, 0.05) is 54.9 Å². The van der Waals surface area contributed by atoms with Crippen LogP contribution in [-0.4, -0.2) is 46.2 Å². The van der Waals surface area contributed by atoms with Crippen molar-refractivity contribution in [3.8, 4) is 11.1 Å². The van der Waals surface area contributed by atoms with E-state index < -0.39 is 0 Å². The van der Waals surface area contributed by atoms with Gasteiger partial charge in [0.2, 0.25) is 0 Å². The number of hydrogen-bond acceptors (Lipinski definition) is 6. The van der Waals surface area contributed by atoms with Crippen molar-refractivity contribution >= 4 is 11.3 Å². The second-order valence-electron chi connectivity index (χ2n) is 9.60. The molecule has 7 heteroatoms. The lowest BCUT2D eigenvalue weighted by Gasteiger charge is -2.33. The molecule has 0 radical (unpaired) electrons. The predicted octanol–water partition coefficient (Wildman–Crippen LogP) is 4.52. The molecule has 0 bridgehead atoms. The molecule has 1 saturated heterocycles. The quantitative estimate of drug-likeness (QED) is 0.343. The van der Waals surface area contributed by atoms with E-state index in [9.17, 15) is 0 Å². The lowest BCUT2D eigenvalue weighted by atomic mass is 9.94. The highest BCUT2D eigenvalue weighted by Crippen LogP contribution is 2.33. The van der Waals surface area contributed by atoms with E-state index >= 15 is 0 Å². The number of nitrogens with one attached hydrogen (secondary N) is 2. The van der Waals surface area contributed by atoms with Crippen molar-refractivity contribution in [2.75, 3.05) is 32.0 Å². The summed E-state index contributed by atoms with van der Waals surface area (Å²) >= 11 is 0. The van der Waals surface area contributed by atoms with E-state index in [1.165, 1.54) is 24.1 Å². The monoisotopic (exact) mass is 481 g/mol. The van der Waals surface area contributed by atoms with Crippen molar-refractivity contribution in [3.63, 3.8) is 0 Å². The smallest absolute Gasteiger partial charge is 0.163 e. The molecule has 0 amide bonds. The first-order valence-electron chi connectivity index (χ1n) is 12.7. The summed E-state index contributed by atoms with van der Waals surface area (Å²) in [4.78, 5) is 7.34. The molecule has 186 valence electrons. The summed E-state index contributed by atoms with van der Waals surface area (Å²) in [7, 11) is 1.88. The molecule has 4 N–H and O–H groups in total. The van der Waals surface area contributed by atoms with Gasteiger partial charge in [-0.1, -0.05) is 42.5 Å². The third-order valence-electron chi connectivity index (χ3n) is 6.85. The van der Waals surface area contributed by atoms with Crippen LogP contribution in [0.4, 0.5) is 5.69 Å². The molecule has 0 saturated carbocycles. The van der Waals surface area contributed by atoms with E-state index in [1.807, 2.05) is 25.5 Å². The topological polar surface area (TPSA) is 83.5 Å². The minimum atomic E-state index is 0.424. The Morgan fingerprint density at radius 1 is 1.14 bits per heavy atom. The number of aromatic nitrogens is 3. The van der Waals surface area contributed by atoms with Gasteiger partial charge in [-0.15, -0.1) is 0 Å². The van der Waals surface area contributed by atoms with Crippen LogP contribution in [0.3, 0.4) is 0 Å². The number of likely N-dealkylation sites (tertiary alicyclic amines) is 1. The molecule has 0 aliphatic carbocycles. The highest BCUT2D eigenvalue weighted by Gasteiger charge is 2.25. The number of anilines is 1. The van der Waals surface area contributed by atoms with Crippen LogP contribution in [-0.2, 0) is 6.54 Å². The standard InChI is InChI=1S/C29H35N7/c1-21-28(23-10-6-12-26(16-23)33-18-25(30)17-31-2)29-32-14-13-27(36(29)34-21)24-11-7-15-35(20-24)19-22-8-4-3-5-9-22/h3-6,8-10,12-14,16,18,24,31,33H,7,11,15,17,19-20,30H2,1-2H3/b25-18-. The van der Waals surface area contributed by atoms with E-state index in [-0.39, 0.29) is 0 Å². The first-order chi connectivity index (χ1) is 17.6. The summed E-state index contributed by atoms with van der Waals surface area (Å²) in [5.74, 6) is 0.424. The fourth-order valence-corrected chi connectivity index (χ4v) is 5.19. The molecular weight excluding hydrogens is 446 g/mol. The molecule has 5 rings (SSSR count). The summed E-state index contributed by atoms with van der Waals surface area (Å²) < 4.78 is 2.08. The van der Waals surface area contributed by atoms with Crippen LogP contribution < -0.4 is 16.4 Å². The van der Waals surface area contributed by atoms with Crippen LogP contribution in [0, 0.1) is 6.92 Å². The largest absolute Gasteiger partial charge is 0.400 e. The van der Waals surface area contributed by atoms with Gasteiger partial charge in [0.05, 0.1) is 11.4 Å². The maximum absolute atomic E-state index is 6.01. The summed E-state index contributed by atoms with van der Waals surface area (Å²) in [6, 6.07) is 21.2. The Bertz CT molecular complexity index is 1340. The van der Waals surface area contributed by atoms with Crippen molar-refractivity contribution in [3.05, 3.63) is 95.7 Å². The van der Waals surface area contributed by atoms with Gasteiger partial charge in [0.1, 0.15) is 0 Å². The van der Waals surface area contributed by atoms with Gasteiger partial charge in [-0.25, -0.2) is 9.50 Å². The van der Waals surface area contributed by atoms with Gasteiger partial charge in [-0.2, -0.15) is 5.10 Å². The Hall–Kier alpha value is -3.68. The van der Waals surface area contributed by atoms with E-state index in [0.29, 0.717) is 12.5 Å². The van der Waals surface area contributed by atoms with Crippen LogP contribution in [0.2, 0.25) is 0 Å². The first kappa shape index (κ1) is 24.0. The Kier molecular flexibility index (Phi) is 7.30. The summed E-state index contributed by atoms with van der Waals surface area (Å²) in [5.41, 5.74) is 14.4. The minimum absolute atomic E-state index is 0.424. The number of nitrogens with two attached hydrogens (primary N) is 1. The van der Waals surface area contributed by atoms with Gasteiger partial charge in [0.15, 0.2) is 5.65 Å². The number of piperidine rings is 1. The SMILES string of the molecule is CNC/C(N)=C/Nc1cccc(-c2c(C)nn3c(C4CCCN(Cc5ccccc5)C4)ccnc23)c1. The van der Waals surface area contributed by atoms with Crippen molar-refractivity contribution in [2.45, 2.75) is 32.2 Å². The summed E-state index contributed by atoms with van der Waals surface area (Å²) in [5, 5.41) is 11.3. The molecule has 3 heterocycles. The average molecular weight is 482 g/mol. The maximum Gasteiger partial charge on any atom is 0.163 e. The van der Waals surface area contributed by atoms with Gasteiger partial charge in [0.25, 0.3) is 0 Å². The van der Waals surface area contributed by atoms with Crippen molar-refractivity contribution in [1.29, 1.82) is 0 Å². The van der Waals surface area contributed by atoms with Crippen LogP contribution >= 0.6 is 0 Å². The highest BCUT2D eigenvalue weighted by molar-refractivity contribution is 5.81. The number of aryl methyl sites for hydroxylation is 1. The molecule has 36 heavy (non-hydrogen) atoms. The van der Waals surface area contributed by atoms with Crippen LogP contribution in [0.25, 0.3) is 16.8 Å². The third kappa shape index (κ3) is 5.27. The molecule has 2 aromatic heterocycles. The van der Waals surface area contributed by atoms with Crippen LogP contribution in [0.15, 0.2) is 78.8 Å². The molecule has 1 unspecified atom stereocenters. The van der Waals surface area contributed by atoms with Crippen LogP contribution in [0.1, 0.15) is 35.7 Å². The number of nitrogens with zero attached hydrogens (tertiary/aromatic N) is 4. The second-order valence-corrected chi connectivity index (χ2v) is 9.60. The molecule has 0 spiro atoms. The second kappa shape index (κ2) is 10.9. The van der Waals surface area contributed by atoms with E-state index in [0.717, 1.165) is 53.5 Å². The Balaban J connectivity index is 1.42. The van der Waals surface area contributed by atoms with E-state index in [2.05, 4.69) is 81.6 Å². The summed E-state index contributed by atoms with van der Waals surface area (Å²) in [6.45, 7) is 5.86. The molecular formula is C29H35N7. The van der Waals surface area contributed by atoms with E-state index in [4.69, 9.17) is 15.8 Å². The molecule has 4 aromatic rings. The summed E-state index contributed by atoms with van der Waals surface area (Å²) in [6.07, 6.45) is 6.12. The first-order valence-corrected chi connectivity index (χ1v) is 12.7. The van der Waals surface area contributed by atoms with Gasteiger partial charge in [-0.3, -0.25) is 4.90 Å². The molecule has 1 aliphatic heterocycles. The number of rotatable bonds is 8. The van der Waals surface area contributed by atoms with Crippen molar-refractivity contribution in [1.82, 2.24) is 24.8 Å². The molecule has 1 aliphatic rings. The van der Waals surface area contributed by atoms with Crippen LogP contribution in [0.5, 0.6) is 0 Å². The average Bonchev–Trinajstić information content (AvgIpc) is 3.24. The molecule has 1 atom stereocenters. The lowest BCUT2D eigenvalue weighted by molar-refractivity contribution is 0.197. The highest BCUT2D eigenvalue weighted by atomic mass is 15.3. The molecule has 2 aromatic carbocycles. The Morgan fingerprint density at radius 3 is 2.83 bits per heavy atom. The zero-order valence-corrected chi connectivity index (χ0v) is 21.1. The van der Waals surface area contributed by atoms with Gasteiger partial charge in [-0.05, 0) is 62.7 Å². The molecule has 1 fully saturated rings. The number of benzene rings is 2. The maximum atomic E-state index is 6.01. The number of hydrogen-bond donors (Lipinski definition) is 3. The fraction of sp³-hybridized carbons (Fsp3) is 0.310. The van der Waals surface area contributed by atoms with Gasteiger partial charge >= 0.3 is 0 Å². The zero-order chi connectivity index (χ0) is 24.9. The molecule has 7 nitrogen and oxygen atoms in total. The third-order valence-corrected chi connectivity index (χ3v) is 6.85. The van der Waals surface area contributed by atoms with Gasteiger partial charge < -0.3 is 16.4 Å². The zero-order valence-electron chi connectivity index (χ0n) is 21.1. The number of fused-ring (bicyclic) bond motifs is 1. The van der Waals surface area contributed by atoms with Crippen molar-refractivity contribution < 1.29 is 0 Å². The lowest BCUT2D eigenvalue weighted by Crippen LogP contribution is -2.34. The Labute approximate surface area is 213 Å². The van der Waals surface area contributed by atoms with E-state index in [1.54, 1.807) is 0 Å².